The monoisotopic (exact) mass is 259 g/mol. The molecule has 3 rings (SSSR count). The van der Waals surface area contributed by atoms with Crippen molar-refractivity contribution in [2.45, 2.75) is 10.8 Å². The molecule has 0 unspecified atom stereocenters. The van der Waals surface area contributed by atoms with Gasteiger partial charge in [0.15, 0.2) is 10.5 Å². The molecule has 2 heterocycles. The minimum atomic E-state index is -0.245. The number of H-pyrrole nitrogens is 3. The van der Waals surface area contributed by atoms with E-state index in [2.05, 4.69) is 32.1 Å². The van der Waals surface area contributed by atoms with Crippen LogP contribution >= 0.6 is 11.8 Å². The number of nitrogens with one attached hydrogen (secondary N) is 3. The van der Waals surface area contributed by atoms with Gasteiger partial charge in [-0.1, -0.05) is 42.1 Å². The molecule has 0 aliphatic carbocycles. The molecule has 3 aromatic rings. The average molecular weight is 259 g/mol. The van der Waals surface area contributed by atoms with Crippen LogP contribution < -0.4 is 10.7 Å². The van der Waals surface area contributed by atoms with Gasteiger partial charge in [-0.2, -0.15) is 19.7 Å². The molecular formula is C12H11N4OS+. The minimum absolute atomic E-state index is 0.245. The number of nitrogens with zero attached hydrogens (tertiary/aromatic N) is 1. The summed E-state index contributed by atoms with van der Waals surface area (Å²) in [7, 11) is 0. The second-order valence-corrected chi connectivity index (χ2v) is 4.79. The molecule has 0 atom stereocenters. The van der Waals surface area contributed by atoms with Crippen molar-refractivity contribution in [2.75, 3.05) is 0 Å². The topological polar surface area (TPSA) is 75.7 Å². The quantitative estimate of drug-likeness (QED) is 0.551. The van der Waals surface area contributed by atoms with Crippen molar-refractivity contribution in [3.8, 4) is 0 Å². The lowest BCUT2D eigenvalue weighted by molar-refractivity contribution is -0.446. The SMILES string of the molecule is O=c1[nH]c2nc[nH]c2c(SCc2ccccc2)[nH+]1. The summed E-state index contributed by atoms with van der Waals surface area (Å²) in [5.74, 6) is 0.801. The van der Waals surface area contributed by atoms with Crippen molar-refractivity contribution in [2.24, 2.45) is 0 Å². The standard InChI is InChI=1S/C12H10N4OS/c17-12-15-10-9(13-7-14-10)11(16-12)18-6-8-4-2-1-3-5-8/h1-5,7H,6H2,(H2,13,14,15,16,17)/p+1. The Hall–Kier alpha value is -2.08. The molecule has 0 aliphatic rings. The number of thioether (sulfide) groups is 1. The maximum Gasteiger partial charge on any atom is 0.496 e. The highest BCUT2D eigenvalue weighted by Crippen LogP contribution is 2.22. The van der Waals surface area contributed by atoms with Gasteiger partial charge in [-0.25, -0.2) is 0 Å². The molecule has 2 aromatic heterocycles. The highest BCUT2D eigenvalue weighted by molar-refractivity contribution is 7.98. The fraction of sp³-hybridized carbons (Fsp3) is 0.0833. The third kappa shape index (κ3) is 2.14. The van der Waals surface area contributed by atoms with E-state index >= 15 is 0 Å². The normalized spacial score (nSPS) is 10.9. The molecule has 5 nitrogen and oxygen atoms in total. The molecule has 0 saturated carbocycles. The van der Waals surface area contributed by atoms with Crippen molar-refractivity contribution in [1.29, 1.82) is 0 Å². The van der Waals surface area contributed by atoms with E-state index in [0.717, 1.165) is 16.3 Å². The van der Waals surface area contributed by atoms with E-state index in [1.807, 2.05) is 18.2 Å². The first-order valence-electron chi connectivity index (χ1n) is 5.48. The van der Waals surface area contributed by atoms with Gasteiger partial charge in [0.1, 0.15) is 0 Å². The highest BCUT2D eigenvalue weighted by Gasteiger charge is 2.12. The average Bonchev–Trinajstić information content (AvgIpc) is 2.85. The molecule has 3 N–H and O–H groups in total. The maximum absolute atomic E-state index is 11.4. The molecular weight excluding hydrogens is 248 g/mol. The number of fused-ring (bicyclic) bond motifs is 1. The van der Waals surface area contributed by atoms with Crippen LogP contribution in [0.2, 0.25) is 0 Å². The van der Waals surface area contributed by atoms with Gasteiger partial charge in [0.2, 0.25) is 0 Å². The zero-order chi connectivity index (χ0) is 12.4. The molecule has 1 aromatic carbocycles. The Morgan fingerprint density at radius 3 is 2.94 bits per heavy atom. The molecule has 0 radical (unpaired) electrons. The Balaban J connectivity index is 1.91. The largest absolute Gasteiger partial charge is 0.496 e. The van der Waals surface area contributed by atoms with Gasteiger partial charge in [0.05, 0.1) is 6.33 Å². The van der Waals surface area contributed by atoms with Gasteiger partial charge in [-0.15, -0.1) is 0 Å². The zero-order valence-electron chi connectivity index (χ0n) is 9.43. The summed E-state index contributed by atoms with van der Waals surface area (Å²) in [5, 5.41) is 0.801. The Morgan fingerprint density at radius 1 is 1.28 bits per heavy atom. The van der Waals surface area contributed by atoms with Crippen molar-refractivity contribution in [1.82, 2.24) is 15.0 Å². The molecule has 0 amide bonds. The van der Waals surface area contributed by atoms with Crippen LogP contribution in [0.3, 0.4) is 0 Å². The number of aromatic nitrogens is 4. The summed E-state index contributed by atoms with van der Waals surface area (Å²) < 4.78 is 0. The third-order valence-electron chi connectivity index (χ3n) is 2.55. The lowest BCUT2D eigenvalue weighted by Gasteiger charge is -1.99. The summed E-state index contributed by atoms with van der Waals surface area (Å²) in [5.41, 5.74) is 2.37. The van der Waals surface area contributed by atoms with Crippen molar-refractivity contribution < 1.29 is 4.98 Å². The minimum Gasteiger partial charge on any atom is -0.337 e. The van der Waals surface area contributed by atoms with E-state index < -0.39 is 0 Å². The fourth-order valence-corrected chi connectivity index (χ4v) is 2.67. The van der Waals surface area contributed by atoms with E-state index in [4.69, 9.17) is 0 Å². The third-order valence-corrected chi connectivity index (χ3v) is 3.62. The van der Waals surface area contributed by atoms with Crippen molar-refractivity contribution in [3.63, 3.8) is 0 Å². The van der Waals surface area contributed by atoms with Crippen LogP contribution in [-0.4, -0.2) is 15.0 Å². The van der Waals surface area contributed by atoms with Gasteiger partial charge < -0.3 is 4.98 Å². The Bertz CT molecular complexity index is 720. The summed E-state index contributed by atoms with van der Waals surface area (Å²) in [6.07, 6.45) is 1.57. The van der Waals surface area contributed by atoms with Crippen LogP contribution in [0, 0.1) is 0 Å². The Labute approximate surface area is 107 Å². The van der Waals surface area contributed by atoms with Gasteiger partial charge in [-0.05, 0) is 5.56 Å². The van der Waals surface area contributed by atoms with Crippen LogP contribution in [0.1, 0.15) is 5.56 Å². The van der Waals surface area contributed by atoms with Crippen LogP contribution in [0.15, 0.2) is 46.5 Å². The van der Waals surface area contributed by atoms with Gasteiger partial charge in [0, 0.05) is 5.75 Å². The number of hydrogen-bond acceptors (Lipinski definition) is 3. The summed E-state index contributed by atoms with van der Waals surface area (Å²) in [4.78, 5) is 23.9. The Kier molecular flexibility index (Phi) is 2.85. The van der Waals surface area contributed by atoms with E-state index in [1.165, 1.54) is 5.56 Å². The van der Waals surface area contributed by atoms with Gasteiger partial charge in [0.25, 0.3) is 5.65 Å². The molecule has 90 valence electrons. The van der Waals surface area contributed by atoms with Crippen LogP contribution in [0.5, 0.6) is 0 Å². The number of aromatic amines is 3. The van der Waals surface area contributed by atoms with Crippen molar-refractivity contribution >= 4 is 22.9 Å². The van der Waals surface area contributed by atoms with E-state index in [1.54, 1.807) is 18.1 Å². The van der Waals surface area contributed by atoms with Crippen LogP contribution in [0.25, 0.3) is 11.2 Å². The molecule has 0 fully saturated rings. The lowest BCUT2D eigenvalue weighted by atomic mass is 10.2. The molecule has 0 aliphatic heterocycles. The van der Waals surface area contributed by atoms with Gasteiger partial charge in [-0.3, -0.25) is 0 Å². The predicted molar refractivity (Wildman–Crippen MR) is 69.3 cm³/mol. The second-order valence-electron chi connectivity index (χ2n) is 3.81. The smallest absolute Gasteiger partial charge is 0.337 e. The van der Waals surface area contributed by atoms with Crippen molar-refractivity contribution in [3.05, 3.63) is 52.7 Å². The number of hydrogen-bond donors (Lipinski definition) is 2. The fourth-order valence-electron chi connectivity index (χ4n) is 1.70. The van der Waals surface area contributed by atoms with E-state index in [-0.39, 0.29) is 5.69 Å². The first-order chi connectivity index (χ1) is 8.83. The maximum atomic E-state index is 11.4. The molecule has 0 spiro atoms. The highest BCUT2D eigenvalue weighted by atomic mass is 32.2. The first kappa shape index (κ1) is 11.0. The lowest BCUT2D eigenvalue weighted by Crippen LogP contribution is -2.31. The predicted octanol–water partition coefficient (Wildman–Crippen LogP) is 1.36. The van der Waals surface area contributed by atoms with Gasteiger partial charge >= 0.3 is 5.69 Å². The molecule has 18 heavy (non-hydrogen) atoms. The Morgan fingerprint density at radius 2 is 2.11 bits per heavy atom. The molecule has 0 bridgehead atoms. The van der Waals surface area contributed by atoms with E-state index in [0.29, 0.717) is 5.65 Å². The number of imidazole rings is 1. The zero-order valence-corrected chi connectivity index (χ0v) is 10.3. The summed E-state index contributed by atoms with van der Waals surface area (Å²) in [6, 6.07) is 10.1. The number of rotatable bonds is 3. The second kappa shape index (κ2) is 4.66. The summed E-state index contributed by atoms with van der Waals surface area (Å²) in [6.45, 7) is 0. The first-order valence-corrected chi connectivity index (χ1v) is 6.47. The molecule has 6 heteroatoms. The molecule has 0 saturated heterocycles. The van der Waals surface area contributed by atoms with Crippen LogP contribution in [0.4, 0.5) is 0 Å². The summed E-state index contributed by atoms with van der Waals surface area (Å²) >= 11 is 1.57. The number of benzene rings is 1. The van der Waals surface area contributed by atoms with E-state index in [9.17, 15) is 4.79 Å². The van der Waals surface area contributed by atoms with Crippen LogP contribution in [-0.2, 0) is 5.75 Å².